The summed E-state index contributed by atoms with van der Waals surface area (Å²) < 4.78 is 5.16. The summed E-state index contributed by atoms with van der Waals surface area (Å²) in [7, 11) is 1.53. The Morgan fingerprint density at radius 3 is 2.25 bits per heavy atom. The number of nitrogens with one attached hydrogen (secondary N) is 2. The standard InChI is InChI=1S/C19H17N5O4/c1-12(25)13-6-8-14(9-7-13)22-18-17(24(26)27)19(21-11-20-18)23-15-4-3-5-16(10-15)28-2/h3-11H,1-2H3,(H2,20,21,22,23). The lowest BCUT2D eigenvalue weighted by atomic mass is 10.1. The van der Waals surface area contributed by atoms with E-state index < -0.39 is 4.92 Å². The van der Waals surface area contributed by atoms with Crippen LogP contribution in [0.15, 0.2) is 54.9 Å². The zero-order chi connectivity index (χ0) is 20.1. The third-order valence-corrected chi connectivity index (χ3v) is 3.89. The monoisotopic (exact) mass is 379 g/mol. The SMILES string of the molecule is COc1cccc(Nc2ncnc(Nc3ccc(C(C)=O)cc3)c2[N+](=O)[O-])c1. The van der Waals surface area contributed by atoms with Crippen molar-refractivity contribution in [3.05, 3.63) is 70.5 Å². The Kier molecular flexibility index (Phi) is 5.45. The predicted octanol–water partition coefficient (Wildman–Crippen LogP) is 4.08. The molecule has 3 aromatic rings. The van der Waals surface area contributed by atoms with Gasteiger partial charge in [0.05, 0.1) is 12.0 Å². The number of Topliss-reactive ketones (excluding diaryl/α,β-unsaturated/α-hetero) is 1. The van der Waals surface area contributed by atoms with Gasteiger partial charge in [-0.2, -0.15) is 0 Å². The predicted molar refractivity (Wildman–Crippen MR) is 105 cm³/mol. The third-order valence-electron chi connectivity index (χ3n) is 3.89. The highest BCUT2D eigenvalue weighted by Gasteiger charge is 2.23. The zero-order valence-electron chi connectivity index (χ0n) is 15.2. The minimum absolute atomic E-state index is 0.0287. The van der Waals surface area contributed by atoms with Gasteiger partial charge in [0.15, 0.2) is 5.78 Å². The summed E-state index contributed by atoms with van der Waals surface area (Å²) in [6.07, 6.45) is 1.22. The second-order valence-electron chi connectivity index (χ2n) is 5.79. The molecule has 2 aromatic carbocycles. The first-order valence-electron chi connectivity index (χ1n) is 8.26. The molecule has 142 valence electrons. The van der Waals surface area contributed by atoms with E-state index in [1.54, 1.807) is 48.5 Å². The molecule has 0 unspecified atom stereocenters. The number of nitro groups is 1. The minimum Gasteiger partial charge on any atom is -0.497 e. The highest BCUT2D eigenvalue weighted by Crippen LogP contribution is 2.33. The van der Waals surface area contributed by atoms with Crippen LogP contribution in [0.3, 0.4) is 0 Å². The summed E-state index contributed by atoms with van der Waals surface area (Å²) in [5, 5.41) is 17.5. The number of methoxy groups -OCH3 is 1. The Bertz CT molecular complexity index is 1020. The molecular formula is C19H17N5O4. The van der Waals surface area contributed by atoms with E-state index in [0.717, 1.165) is 0 Å². The number of ketones is 1. The smallest absolute Gasteiger partial charge is 0.353 e. The molecule has 0 radical (unpaired) electrons. The van der Waals surface area contributed by atoms with Crippen molar-refractivity contribution in [3.63, 3.8) is 0 Å². The van der Waals surface area contributed by atoms with Gasteiger partial charge in [0.1, 0.15) is 12.1 Å². The number of nitrogens with zero attached hydrogens (tertiary/aromatic N) is 3. The van der Waals surface area contributed by atoms with Gasteiger partial charge in [-0.05, 0) is 43.3 Å². The average molecular weight is 379 g/mol. The molecule has 1 aromatic heterocycles. The molecule has 2 N–H and O–H groups in total. The number of carbonyl (C=O) groups is 1. The number of carbonyl (C=O) groups excluding carboxylic acids is 1. The van der Waals surface area contributed by atoms with E-state index in [0.29, 0.717) is 22.7 Å². The summed E-state index contributed by atoms with van der Waals surface area (Å²) >= 11 is 0. The number of hydrogen-bond donors (Lipinski definition) is 2. The minimum atomic E-state index is -0.561. The van der Waals surface area contributed by atoms with Crippen LogP contribution in [0.2, 0.25) is 0 Å². The van der Waals surface area contributed by atoms with E-state index in [2.05, 4.69) is 20.6 Å². The first-order valence-corrected chi connectivity index (χ1v) is 8.26. The molecule has 0 amide bonds. The molecule has 0 aliphatic rings. The Morgan fingerprint density at radius 2 is 1.68 bits per heavy atom. The van der Waals surface area contributed by atoms with Crippen LogP contribution in [-0.2, 0) is 0 Å². The van der Waals surface area contributed by atoms with Gasteiger partial charge in [0, 0.05) is 23.0 Å². The van der Waals surface area contributed by atoms with Crippen LogP contribution >= 0.6 is 0 Å². The van der Waals surface area contributed by atoms with Crippen molar-refractivity contribution >= 4 is 34.5 Å². The van der Waals surface area contributed by atoms with Gasteiger partial charge in [-0.3, -0.25) is 14.9 Å². The number of rotatable bonds is 7. The second kappa shape index (κ2) is 8.12. The maximum absolute atomic E-state index is 11.7. The molecule has 28 heavy (non-hydrogen) atoms. The fraction of sp³-hybridized carbons (Fsp3) is 0.105. The summed E-state index contributed by atoms with van der Waals surface area (Å²) in [5.41, 5.74) is 1.38. The number of anilines is 4. The summed E-state index contributed by atoms with van der Waals surface area (Å²) in [6, 6.07) is 13.5. The van der Waals surface area contributed by atoms with Crippen LogP contribution in [0, 0.1) is 10.1 Å². The van der Waals surface area contributed by atoms with Crippen LogP contribution in [-0.4, -0.2) is 27.8 Å². The van der Waals surface area contributed by atoms with E-state index in [9.17, 15) is 14.9 Å². The van der Waals surface area contributed by atoms with Crippen LogP contribution in [0.1, 0.15) is 17.3 Å². The highest BCUT2D eigenvalue weighted by molar-refractivity contribution is 5.94. The normalized spacial score (nSPS) is 10.2. The van der Waals surface area contributed by atoms with Crippen molar-refractivity contribution in [1.29, 1.82) is 0 Å². The van der Waals surface area contributed by atoms with Crippen molar-refractivity contribution in [2.75, 3.05) is 17.7 Å². The molecule has 0 saturated heterocycles. The molecule has 0 aliphatic heterocycles. The molecule has 1 heterocycles. The molecule has 0 fully saturated rings. The van der Waals surface area contributed by atoms with Crippen LogP contribution in [0.5, 0.6) is 5.75 Å². The fourth-order valence-electron chi connectivity index (χ4n) is 2.50. The van der Waals surface area contributed by atoms with Gasteiger partial charge in [-0.25, -0.2) is 9.97 Å². The van der Waals surface area contributed by atoms with E-state index in [1.165, 1.54) is 20.4 Å². The largest absolute Gasteiger partial charge is 0.497 e. The van der Waals surface area contributed by atoms with Crippen molar-refractivity contribution in [3.8, 4) is 5.75 Å². The van der Waals surface area contributed by atoms with Crippen LogP contribution in [0.4, 0.5) is 28.7 Å². The quantitative estimate of drug-likeness (QED) is 0.358. The van der Waals surface area contributed by atoms with E-state index in [4.69, 9.17) is 4.74 Å². The summed E-state index contributed by atoms with van der Waals surface area (Å²) in [4.78, 5) is 30.5. The lowest BCUT2D eigenvalue weighted by molar-refractivity contribution is -0.383. The maximum atomic E-state index is 11.7. The van der Waals surface area contributed by atoms with Crippen molar-refractivity contribution in [2.24, 2.45) is 0 Å². The number of benzene rings is 2. The van der Waals surface area contributed by atoms with Gasteiger partial charge >= 0.3 is 5.69 Å². The molecule has 0 bridgehead atoms. The molecular weight excluding hydrogens is 362 g/mol. The van der Waals surface area contributed by atoms with Crippen molar-refractivity contribution in [2.45, 2.75) is 6.92 Å². The summed E-state index contributed by atoms with van der Waals surface area (Å²) in [6.45, 7) is 1.47. The summed E-state index contributed by atoms with van der Waals surface area (Å²) in [5.74, 6) is 0.604. The number of aromatic nitrogens is 2. The molecule has 0 saturated carbocycles. The lowest BCUT2D eigenvalue weighted by Gasteiger charge is -2.11. The lowest BCUT2D eigenvalue weighted by Crippen LogP contribution is -2.05. The Balaban J connectivity index is 1.92. The van der Waals surface area contributed by atoms with Crippen molar-refractivity contribution < 1.29 is 14.5 Å². The Labute approximate surface area is 160 Å². The third kappa shape index (κ3) is 4.21. The van der Waals surface area contributed by atoms with Gasteiger partial charge in [-0.15, -0.1) is 0 Å². The van der Waals surface area contributed by atoms with Crippen LogP contribution < -0.4 is 15.4 Å². The highest BCUT2D eigenvalue weighted by atomic mass is 16.6. The van der Waals surface area contributed by atoms with Gasteiger partial charge < -0.3 is 15.4 Å². The second-order valence-corrected chi connectivity index (χ2v) is 5.79. The number of hydrogen-bond acceptors (Lipinski definition) is 8. The average Bonchev–Trinajstić information content (AvgIpc) is 2.68. The first kappa shape index (κ1) is 18.8. The fourth-order valence-corrected chi connectivity index (χ4v) is 2.50. The van der Waals surface area contributed by atoms with E-state index in [1.807, 2.05) is 0 Å². The molecule has 9 nitrogen and oxygen atoms in total. The molecule has 0 spiro atoms. The zero-order valence-corrected chi connectivity index (χ0v) is 15.2. The molecule has 9 heteroatoms. The van der Waals surface area contributed by atoms with Crippen molar-refractivity contribution in [1.82, 2.24) is 9.97 Å². The van der Waals surface area contributed by atoms with E-state index in [-0.39, 0.29) is 23.1 Å². The van der Waals surface area contributed by atoms with E-state index >= 15 is 0 Å². The molecule has 0 atom stereocenters. The maximum Gasteiger partial charge on any atom is 0.353 e. The molecule has 3 rings (SSSR count). The van der Waals surface area contributed by atoms with Gasteiger partial charge in [0.2, 0.25) is 11.6 Å². The Morgan fingerprint density at radius 1 is 1.04 bits per heavy atom. The number of ether oxygens (including phenoxy) is 1. The van der Waals surface area contributed by atoms with Gasteiger partial charge in [-0.1, -0.05) is 6.07 Å². The van der Waals surface area contributed by atoms with Gasteiger partial charge in [0.25, 0.3) is 0 Å². The molecule has 0 aliphatic carbocycles. The van der Waals surface area contributed by atoms with Crippen LogP contribution in [0.25, 0.3) is 0 Å². The first-order chi connectivity index (χ1) is 13.5. The topological polar surface area (TPSA) is 119 Å². The Hall–Kier alpha value is -4.01.